The standard InChI is InChI=1S/C20H30N4O2S2/c1-5-21-19(22-10-6-13-27-20-23-11-14-28-20)24(2)12-9-16-7-8-17(25-3)18(15-16)26-4/h7-8,11,14-15H,5-6,9-10,12-13H2,1-4H3,(H,21,22). The maximum absolute atomic E-state index is 5.39. The van der Waals surface area contributed by atoms with Crippen molar-refractivity contribution in [2.24, 2.45) is 4.99 Å². The fraction of sp³-hybridized carbons (Fsp3) is 0.500. The average Bonchev–Trinajstić information content (AvgIpc) is 3.24. The summed E-state index contributed by atoms with van der Waals surface area (Å²) < 4.78 is 11.8. The summed E-state index contributed by atoms with van der Waals surface area (Å²) in [6.45, 7) is 4.62. The largest absolute Gasteiger partial charge is 0.493 e. The van der Waals surface area contributed by atoms with Crippen molar-refractivity contribution in [2.75, 3.05) is 46.7 Å². The molecule has 1 aromatic carbocycles. The Balaban J connectivity index is 1.82. The summed E-state index contributed by atoms with van der Waals surface area (Å²) in [5.41, 5.74) is 1.21. The molecule has 2 aromatic rings. The van der Waals surface area contributed by atoms with Crippen LogP contribution >= 0.6 is 23.1 Å². The summed E-state index contributed by atoms with van der Waals surface area (Å²) in [7, 11) is 5.39. The van der Waals surface area contributed by atoms with Crippen molar-refractivity contribution in [2.45, 2.75) is 24.1 Å². The van der Waals surface area contributed by atoms with E-state index < -0.39 is 0 Å². The van der Waals surface area contributed by atoms with Gasteiger partial charge in [0.05, 0.1) is 14.2 Å². The summed E-state index contributed by atoms with van der Waals surface area (Å²) in [5.74, 6) is 3.50. The Bertz CT molecular complexity index is 723. The molecular formula is C20H30N4O2S2. The third-order valence-electron chi connectivity index (χ3n) is 4.08. The summed E-state index contributed by atoms with van der Waals surface area (Å²) in [6, 6.07) is 6.06. The number of guanidine groups is 1. The van der Waals surface area contributed by atoms with E-state index in [0.717, 1.165) is 60.0 Å². The van der Waals surface area contributed by atoms with Crippen molar-refractivity contribution < 1.29 is 9.47 Å². The molecule has 0 aliphatic rings. The number of hydrogen-bond acceptors (Lipinski definition) is 6. The van der Waals surface area contributed by atoms with E-state index in [-0.39, 0.29) is 0 Å². The fourth-order valence-electron chi connectivity index (χ4n) is 2.60. The van der Waals surface area contributed by atoms with Gasteiger partial charge in [0, 0.05) is 44.0 Å². The highest BCUT2D eigenvalue weighted by Crippen LogP contribution is 2.27. The van der Waals surface area contributed by atoms with E-state index in [9.17, 15) is 0 Å². The van der Waals surface area contributed by atoms with E-state index in [1.54, 1.807) is 37.3 Å². The van der Waals surface area contributed by atoms with Gasteiger partial charge in [-0.05, 0) is 37.5 Å². The molecule has 0 aliphatic carbocycles. The summed E-state index contributed by atoms with van der Waals surface area (Å²) in [6.07, 6.45) is 3.78. The summed E-state index contributed by atoms with van der Waals surface area (Å²) >= 11 is 3.48. The number of benzene rings is 1. The van der Waals surface area contributed by atoms with Crippen LogP contribution in [0.2, 0.25) is 0 Å². The van der Waals surface area contributed by atoms with Gasteiger partial charge < -0.3 is 19.7 Å². The van der Waals surface area contributed by atoms with Crippen LogP contribution < -0.4 is 14.8 Å². The average molecular weight is 423 g/mol. The number of thiazole rings is 1. The van der Waals surface area contributed by atoms with E-state index in [1.807, 2.05) is 23.7 Å². The minimum absolute atomic E-state index is 0.755. The number of aliphatic imine (C=N–C) groups is 1. The third-order valence-corrected chi connectivity index (χ3v) is 6.13. The molecule has 0 saturated heterocycles. The quantitative estimate of drug-likeness (QED) is 0.257. The van der Waals surface area contributed by atoms with Crippen LogP contribution in [0.5, 0.6) is 11.5 Å². The molecule has 0 aliphatic heterocycles. The molecule has 28 heavy (non-hydrogen) atoms. The Labute approximate surface area is 176 Å². The number of rotatable bonds is 11. The summed E-state index contributed by atoms with van der Waals surface area (Å²) in [4.78, 5) is 11.2. The molecule has 0 amide bonds. The van der Waals surface area contributed by atoms with E-state index in [0.29, 0.717) is 0 Å². The number of nitrogens with zero attached hydrogens (tertiary/aromatic N) is 3. The van der Waals surface area contributed by atoms with Crippen molar-refractivity contribution >= 4 is 29.1 Å². The van der Waals surface area contributed by atoms with Crippen molar-refractivity contribution in [1.29, 1.82) is 0 Å². The summed E-state index contributed by atoms with van der Waals surface area (Å²) in [5, 5.41) is 5.39. The number of ether oxygens (including phenoxy) is 2. The maximum Gasteiger partial charge on any atom is 0.193 e. The smallest absolute Gasteiger partial charge is 0.193 e. The van der Waals surface area contributed by atoms with E-state index >= 15 is 0 Å². The maximum atomic E-state index is 5.39. The molecule has 0 atom stereocenters. The molecule has 0 spiro atoms. The first kappa shape index (κ1) is 22.4. The van der Waals surface area contributed by atoms with Crippen molar-refractivity contribution in [1.82, 2.24) is 15.2 Å². The number of hydrogen-bond donors (Lipinski definition) is 1. The molecule has 0 bridgehead atoms. The van der Waals surface area contributed by atoms with E-state index in [1.165, 1.54) is 5.56 Å². The second-order valence-electron chi connectivity index (χ2n) is 6.10. The zero-order valence-corrected chi connectivity index (χ0v) is 18.7. The molecule has 1 aromatic heterocycles. The second kappa shape index (κ2) is 12.5. The van der Waals surface area contributed by atoms with Crippen molar-refractivity contribution in [3.05, 3.63) is 35.3 Å². The van der Waals surface area contributed by atoms with Crippen LogP contribution in [0.4, 0.5) is 0 Å². The Morgan fingerprint density at radius 1 is 1.29 bits per heavy atom. The van der Waals surface area contributed by atoms with Gasteiger partial charge in [-0.1, -0.05) is 17.8 Å². The lowest BCUT2D eigenvalue weighted by atomic mass is 10.1. The van der Waals surface area contributed by atoms with Gasteiger partial charge in [-0.25, -0.2) is 4.98 Å². The topological polar surface area (TPSA) is 59.0 Å². The molecule has 0 fully saturated rings. The Morgan fingerprint density at radius 3 is 2.79 bits per heavy atom. The molecule has 2 rings (SSSR count). The Morgan fingerprint density at radius 2 is 2.11 bits per heavy atom. The number of likely N-dealkylation sites (N-methyl/N-ethyl adjacent to an activating group) is 1. The third kappa shape index (κ3) is 7.24. The van der Waals surface area contributed by atoms with Crippen LogP contribution in [0.1, 0.15) is 18.9 Å². The first-order valence-corrected chi connectivity index (χ1v) is 11.3. The highest BCUT2D eigenvalue weighted by atomic mass is 32.2. The zero-order valence-electron chi connectivity index (χ0n) is 17.1. The van der Waals surface area contributed by atoms with Crippen LogP contribution in [-0.4, -0.2) is 62.5 Å². The van der Waals surface area contributed by atoms with Crippen molar-refractivity contribution in [3.8, 4) is 11.5 Å². The monoisotopic (exact) mass is 422 g/mol. The van der Waals surface area contributed by atoms with Crippen molar-refractivity contribution in [3.63, 3.8) is 0 Å². The molecule has 0 saturated carbocycles. The Kier molecular flexibility index (Phi) is 9.99. The highest BCUT2D eigenvalue weighted by Gasteiger charge is 2.08. The van der Waals surface area contributed by atoms with Gasteiger partial charge >= 0.3 is 0 Å². The fourth-order valence-corrected chi connectivity index (χ4v) is 4.23. The number of methoxy groups -OCH3 is 2. The predicted molar refractivity (Wildman–Crippen MR) is 119 cm³/mol. The molecule has 1 N–H and O–H groups in total. The van der Waals surface area contributed by atoms with E-state index in [4.69, 9.17) is 14.5 Å². The molecule has 6 nitrogen and oxygen atoms in total. The number of nitrogens with one attached hydrogen (secondary N) is 1. The number of thioether (sulfide) groups is 1. The molecule has 154 valence electrons. The lowest BCUT2D eigenvalue weighted by molar-refractivity contribution is 0.354. The molecular weight excluding hydrogens is 392 g/mol. The molecule has 0 unspecified atom stereocenters. The Hall–Kier alpha value is -1.93. The lowest BCUT2D eigenvalue weighted by Crippen LogP contribution is -2.40. The second-order valence-corrected chi connectivity index (χ2v) is 8.33. The normalized spacial score (nSPS) is 11.4. The van der Waals surface area contributed by atoms with Crippen LogP contribution in [0.15, 0.2) is 39.1 Å². The van der Waals surface area contributed by atoms with Crippen LogP contribution in [-0.2, 0) is 6.42 Å². The van der Waals surface area contributed by atoms with E-state index in [2.05, 4.69) is 35.2 Å². The zero-order chi connectivity index (χ0) is 20.2. The number of aromatic nitrogens is 1. The van der Waals surface area contributed by atoms with Gasteiger partial charge in [0.1, 0.15) is 4.34 Å². The predicted octanol–water partition coefficient (Wildman–Crippen LogP) is 3.78. The first-order valence-electron chi connectivity index (χ1n) is 9.40. The minimum atomic E-state index is 0.755. The molecule has 1 heterocycles. The highest BCUT2D eigenvalue weighted by molar-refractivity contribution is 8.00. The molecule has 0 radical (unpaired) electrons. The molecule has 8 heteroatoms. The van der Waals surface area contributed by atoms with Gasteiger partial charge in [0.15, 0.2) is 17.5 Å². The van der Waals surface area contributed by atoms with Gasteiger partial charge in [-0.15, -0.1) is 11.3 Å². The van der Waals surface area contributed by atoms with Gasteiger partial charge in [0.2, 0.25) is 0 Å². The van der Waals surface area contributed by atoms with Gasteiger partial charge in [-0.3, -0.25) is 4.99 Å². The lowest BCUT2D eigenvalue weighted by Gasteiger charge is -2.22. The SMILES string of the molecule is CCNC(=NCCCSc1nccs1)N(C)CCc1ccc(OC)c(OC)c1. The van der Waals surface area contributed by atoms with Gasteiger partial charge in [-0.2, -0.15) is 0 Å². The first-order chi connectivity index (χ1) is 13.7. The minimum Gasteiger partial charge on any atom is -0.493 e. The van der Waals surface area contributed by atoms with Gasteiger partial charge in [0.25, 0.3) is 0 Å². The van der Waals surface area contributed by atoms with Crippen LogP contribution in [0.3, 0.4) is 0 Å². The van der Waals surface area contributed by atoms with Crippen LogP contribution in [0.25, 0.3) is 0 Å². The van der Waals surface area contributed by atoms with Crippen LogP contribution in [0, 0.1) is 0 Å².